The molecule has 0 saturated heterocycles. The molecule has 2 aromatic heterocycles. The third-order valence-corrected chi connectivity index (χ3v) is 3.69. The molecule has 0 spiro atoms. The van der Waals surface area contributed by atoms with Gasteiger partial charge in [0.1, 0.15) is 0 Å². The number of nitrogens with zero attached hydrogens (tertiary/aromatic N) is 7. The molecule has 2 rings (SSSR count). The minimum absolute atomic E-state index is 0.137. The number of anilines is 2. The molecule has 0 bridgehead atoms. The van der Waals surface area contributed by atoms with Crippen LogP contribution in [-0.2, 0) is 4.57 Å². The van der Waals surface area contributed by atoms with E-state index in [1.807, 2.05) is 0 Å². The van der Waals surface area contributed by atoms with Crippen LogP contribution in [0, 0.1) is 0 Å². The van der Waals surface area contributed by atoms with Gasteiger partial charge in [-0.05, 0) is 46.4 Å². The number of halogens is 4. The number of hydrogen-bond acceptors (Lipinski definition) is 8. The van der Waals surface area contributed by atoms with Gasteiger partial charge in [-0.25, -0.2) is 0 Å². The van der Waals surface area contributed by atoms with Crippen molar-refractivity contribution in [1.29, 1.82) is 0 Å². The molecule has 15 heteroatoms. The van der Waals surface area contributed by atoms with Gasteiger partial charge in [0.2, 0.25) is 33.0 Å². The van der Waals surface area contributed by atoms with Gasteiger partial charge in [0.15, 0.2) is 0 Å². The first-order valence-corrected chi connectivity index (χ1v) is 8.91. The normalized spacial score (nSPS) is 11.6. The largest absolute Gasteiger partial charge is 0.327 e. The first-order valence-electron chi connectivity index (χ1n) is 5.60. The lowest BCUT2D eigenvalue weighted by atomic mass is 10.6. The Labute approximate surface area is 149 Å². The van der Waals surface area contributed by atoms with E-state index in [1.54, 1.807) is 0 Å². The average molecular weight is 421 g/mol. The van der Waals surface area contributed by atoms with Crippen molar-refractivity contribution in [1.82, 2.24) is 29.9 Å². The summed E-state index contributed by atoms with van der Waals surface area (Å²) < 4.78 is 11.1. The summed E-state index contributed by atoms with van der Waals surface area (Å²) in [6, 6.07) is 0. The lowest BCUT2D eigenvalue weighted by molar-refractivity contribution is 0.373. The van der Waals surface area contributed by atoms with Gasteiger partial charge in [-0.15, -0.1) is 0 Å². The fraction of sp³-hybridized carbons (Fsp3) is 0.250. The summed E-state index contributed by atoms with van der Waals surface area (Å²) in [5.41, 5.74) is 0. The standard InChI is InChI=1S/C8H6Cl4N7O3P/c9-3-13-4(10)16-7(15-3)19(1-2-23(20,21)22)8-17-5(11)14-6(12)18-8/h1-2H2,(H2,20,21,22). The van der Waals surface area contributed by atoms with E-state index in [1.165, 1.54) is 0 Å². The highest BCUT2D eigenvalue weighted by Crippen LogP contribution is 2.35. The zero-order valence-electron chi connectivity index (χ0n) is 10.8. The number of rotatable bonds is 5. The van der Waals surface area contributed by atoms with Crippen molar-refractivity contribution in [2.24, 2.45) is 0 Å². The minimum atomic E-state index is -4.32. The molecule has 23 heavy (non-hydrogen) atoms. The van der Waals surface area contributed by atoms with Gasteiger partial charge in [-0.3, -0.25) is 9.46 Å². The molecule has 0 atom stereocenters. The summed E-state index contributed by atoms with van der Waals surface area (Å²) in [4.78, 5) is 41.6. The van der Waals surface area contributed by atoms with Gasteiger partial charge in [0, 0.05) is 6.54 Å². The summed E-state index contributed by atoms with van der Waals surface area (Å²) in [6.07, 6.45) is -0.547. The molecule has 0 aliphatic carbocycles. The lowest BCUT2D eigenvalue weighted by Crippen LogP contribution is -2.26. The molecule has 0 aromatic carbocycles. The Hall–Kier alpha value is -0.870. The van der Waals surface area contributed by atoms with E-state index in [9.17, 15) is 4.57 Å². The zero-order chi connectivity index (χ0) is 17.2. The second-order valence-electron chi connectivity index (χ2n) is 3.89. The Morgan fingerprint density at radius 3 is 1.43 bits per heavy atom. The van der Waals surface area contributed by atoms with Crippen molar-refractivity contribution < 1.29 is 14.4 Å². The Kier molecular flexibility index (Phi) is 5.90. The molecule has 124 valence electrons. The van der Waals surface area contributed by atoms with Gasteiger partial charge < -0.3 is 9.79 Å². The predicted octanol–water partition coefficient (Wildman–Crippen LogP) is 1.99. The molecule has 0 fully saturated rings. The van der Waals surface area contributed by atoms with Crippen LogP contribution in [0.15, 0.2) is 0 Å². The van der Waals surface area contributed by atoms with Crippen LogP contribution in [0.2, 0.25) is 21.1 Å². The monoisotopic (exact) mass is 419 g/mol. The van der Waals surface area contributed by atoms with Crippen LogP contribution in [0.4, 0.5) is 11.9 Å². The smallest absolute Gasteiger partial charge is 0.324 e. The molecule has 2 aromatic rings. The molecule has 0 unspecified atom stereocenters. The number of hydrogen-bond donors (Lipinski definition) is 2. The van der Waals surface area contributed by atoms with Crippen molar-refractivity contribution in [2.75, 3.05) is 17.6 Å². The van der Waals surface area contributed by atoms with Crippen LogP contribution < -0.4 is 4.90 Å². The first kappa shape index (κ1) is 18.5. The van der Waals surface area contributed by atoms with E-state index in [-0.39, 0.29) is 39.6 Å². The van der Waals surface area contributed by atoms with E-state index < -0.39 is 13.8 Å². The van der Waals surface area contributed by atoms with Crippen LogP contribution >= 0.6 is 54.0 Å². The minimum Gasteiger partial charge on any atom is -0.324 e. The highest BCUT2D eigenvalue weighted by Gasteiger charge is 2.23. The predicted molar refractivity (Wildman–Crippen MR) is 83.6 cm³/mol. The molecular formula is C8H6Cl4N7O3P. The summed E-state index contributed by atoms with van der Waals surface area (Å²) in [6.45, 7) is -0.266. The fourth-order valence-electron chi connectivity index (χ4n) is 1.39. The van der Waals surface area contributed by atoms with Crippen LogP contribution in [0.3, 0.4) is 0 Å². The van der Waals surface area contributed by atoms with E-state index >= 15 is 0 Å². The molecule has 10 nitrogen and oxygen atoms in total. The van der Waals surface area contributed by atoms with Crippen LogP contribution in [0.25, 0.3) is 0 Å². The third kappa shape index (κ3) is 5.61. The lowest BCUT2D eigenvalue weighted by Gasteiger charge is -2.20. The average Bonchev–Trinajstić information content (AvgIpc) is 2.35. The molecule has 0 radical (unpaired) electrons. The molecular weight excluding hydrogens is 415 g/mol. The molecule has 0 aliphatic heterocycles. The van der Waals surface area contributed by atoms with Crippen LogP contribution in [-0.4, -0.2) is 52.4 Å². The van der Waals surface area contributed by atoms with Crippen molar-refractivity contribution in [3.63, 3.8) is 0 Å². The molecule has 0 saturated carbocycles. The third-order valence-electron chi connectivity index (χ3n) is 2.24. The van der Waals surface area contributed by atoms with Crippen LogP contribution in [0.5, 0.6) is 0 Å². The maximum absolute atomic E-state index is 11.1. The van der Waals surface area contributed by atoms with E-state index in [0.29, 0.717) is 0 Å². The zero-order valence-corrected chi connectivity index (χ0v) is 14.7. The summed E-state index contributed by atoms with van der Waals surface area (Å²) >= 11 is 22.8. The maximum atomic E-state index is 11.1. The van der Waals surface area contributed by atoms with Gasteiger partial charge in [-0.1, -0.05) is 0 Å². The first-order chi connectivity index (χ1) is 10.6. The second kappa shape index (κ2) is 7.35. The highest BCUT2D eigenvalue weighted by molar-refractivity contribution is 7.51. The maximum Gasteiger partial charge on any atom is 0.327 e. The Morgan fingerprint density at radius 2 is 1.13 bits per heavy atom. The Balaban J connectivity index is 2.48. The highest BCUT2D eigenvalue weighted by atomic mass is 35.5. The van der Waals surface area contributed by atoms with Crippen LogP contribution in [0.1, 0.15) is 0 Å². The topological polar surface area (TPSA) is 138 Å². The molecule has 2 heterocycles. The SMILES string of the molecule is O=P(O)(O)CCN(c1nc(Cl)nc(Cl)n1)c1nc(Cl)nc(Cl)n1. The van der Waals surface area contributed by atoms with E-state index in [4.69, 9.17) is 56.2 Å². The van der Waals surface area contributed by atoms with Crippen molar-refractivity contribution in [3.8, 4) is 0 Å². The quantitative estimate of drug-likeness (QED) is 0.690. The van der Waals surface area contributed by atoms with Gasteiger partial charge in [0.05, 0.1) is 6.16 Å². The van der Waals surface area contributed by atoms with Gasteiger partial charge >= 0.3 is 7.60 Å². The number of aromatic nitrogens is 6. The fourth-order valence-corrected chi connectivity index (χ4v) is 2.56. The Morgan fingerprint density at radius 1 is 0.783 bits per heavy atom. The molecule has 0 amide bonds. The van der Waals surface area contributed by atoms with Crippen molar-refractivity contribution >= 4 is 65.9 Å². The van der Waals surface area contributed by atoms with Crippen molar-refractivity contribution in [2.45, 2.75) is 0 Å². The van der Waals surface area contributed by atoms with Gasteiger partial charge in [0.25, 0.3) is 0 Å². The summed E-state index contributed by atoms with van der Waals surface area (Å²) in [5.74, 6) is -0.274. The van der Waals surface area contributed by atoms with E-state index in [2.05, 4.69) is 29.9 Å². The summed E-state index contributed by atoms with van der Waals surface area (Å²) in [5, 5.41) is -0.917. The van der Waals surface area contributed by atoms with Crippen molar-refractivity contribution in [3.05, 3.63) is 21.1 Å². The Bertz CT molecular complexity index is 683. The molecule has 2 N–H and O–H groups in total. The van der Waals surface area contributed by atoms with E-state index in [0.717, 1.165) is 4.90 Å². The van der Waals surface area contributed by atoms with Gasteiger partial charge in [-0.2, -0.15) is 29.9 Å². The molecule has 0 aliphatic rings. The summed E-state index contributed by atoms with van der Waals surface area (Å²) in [7, 11) is -4.32. The second-order valence-corrected chi connectivity index (χ2v) is 7.02.